The van der Waals surface area contributed by atoms with E-state index in [1.54, 1.807) is 7.11 Å². The summed E-state index contributed by atoms with van der Waals surface area (Å²) in [5, 5.41) is 3.46. The Bertz CT molecular complexity index is 346. The Kier molecular flexibility index (Phi) is 2.46. The second-order valence-electron chi connectivity index (χ2n) is 3.91. The quantitative estimate of drug-likeness (QED) is 0.735. The van der Waals surface area contributed by atoms with Gasteiger partial charge in [0.05, 0.1) is 7.11 Å². The van der Waals surface area contributed by atoms with E-state index in [2.05, 4.69) is 31.3 Å². The van der Waals surface area contributed by atoms with Crippen LogP contribution in [0.5, 0.6) is 5.75 Å². The Morgan fingerprint density at radius 1 is 1.43 bits per heavy atom. The van der Waals surface area contributed by atoms with Gasteiger partial charge in [0.2, 0.25) is 0 Å². The summed E-state index contributed by atoms with van der Waals surface area (Å²) in [6.45, 7) is 5.36. The van der Waals surface area contributed by atoms with E-state index < -0.39 is 0 Å². The van der Waals surface area contributed by atoms with Crippen molar-refractivity contribution in [1.82, 2.24) is 5.32 Å². The molecule has 1 N–H and O–H groups in total. The van der Waals surface area contributed by atoms with Gasteiger partial charge in [-0.15, -0.1) is 0 Å². The predicted octanol–water partition coefficient (Wildman–Crippen LogP) is 2.21. The summed E-state index contributed by atoms with van der Waals surface area (Å²) >= 11 is 0. The number of hydrogen-bond donors (Lipinski definition) is 1. The molecule has 0 spiro atoms. The highest BCUT2D eigenvalue weighted by molar-refractivity contribution is 5.48. The van der Waals surface area contributed by atoms with Crippen LogP contribution in [0.1, 0.15) is 29.7 Å². The Morgan fingerprint density at radius 3 is 2.93 bits per heavy atom. The third kappa shape index (κ3) is 1.40. The lowest BCUT2D eigenvalue weighted by Gasteiger charge is -2.26. The maximum atomic E-state index is 5.47. The molecule has 1 aliphatic heterocycles. The van der Waals surface area contributed by atoms with E-state index in [4.69, 9.17) is 4.74 Å². The topological polar surface area (TPSA) is 21.3 Å². The average molecular weight is 191 g/mol. The SMILES string of the molecule is COc1c(C)ccc2c1C(C)NCC2. The van der Waals surface area contributed by atoms with Crippen LogP contribution >= 0.6 is 0 Å². The number of aryl methyl sites for hydroxylation is 1. The van der Waals surface area contributed by atoms with Gasteiger partial charge in [-0.25, -0.2) is 0 Å². The van der Waals surface area contributed by atoms with Crippen molar-refractivity contribution < 1.29 is 4.74 Å². The molecule has 1 unspecified atom stereocenters. The van der Waals surface area contributed by atoms with E-state index in [-0.39, 0.29) is 0 Å². The highest BCUT2D eigenvalue weighted by Crippen LogP contribution is 2.34. The molecule has 0 aliphatic carbocycles. The number of nitrogens with one attached hydrogen (secondary N) is 1. The van der Waals surface area contributed by atoms with Gasteiger partial charge < -0.3 is 10.1 Å². The van der Waals surface area contributed by atoms with E-state index in [0.29, 0.717) is 6.04 Å². The van der Waals surface area contributed by atoms with Crippen LogP contribution in [0.25, 0.3) is 0 Å². The monoisotopic (exact) mass is 191 g/mol. The van der Waals surface area contributed by atoms with E-state index in [9.17, 15) is 0 Å². The van der Waals surface area contributed by atoms with Crippen LogP contribution in [-0.2, 0) is 6.42 Å². The minimum absolute atomic E-state index is 0.411. The lowest BCUT2D eigenvalue weighted by molar-refractivity contribution is 0.393. The van der Waals surface area contributed by atoms with Crippen molar-refractivity contribution in [3.8, 4) is 5.75 Å². The molecule has 76 valence electrons. The van der Waals surface area contributed by atoms with Crippen molar-refractivity contribution in [2.24, 2.45) is 0 Å². The number of rotatable bonds is 1. The Hall–Kier alpha value is -1.02. The minimum Gasteiger partial charge on any atom is -0.496 e. The van der Waals surface area contributed by atoms with Crippen molar-refractivity contribution in [1.29, 1.82) is 0 Å². The molecule has 0 saturated carbocycles. The van der Waals surface area contributed by atoms with E-state index in [0.717, 1.165) is 18.7 Å². The number of ether oxygens (including phenoxy) is 1. The molecule has 0 amide bonds. The average Bonchev–Trinajstić information content (AvgIpc) is 2.19. The molecule has 0 saturated heterocycles. The fraction of sp³-hybridized carbons (Fsp3) is 0.500. The van der Waals surface area contributed by atoms with Crippen LogP contribution in [0, 0.1) is 6.92 Å². The van der Waals surface area contributed by atoms with Crippen molar-refractivity contribution >= 4 is 0 Å². The summed E-state index contributed by atoms with van der Waals surface area (Å²) in [6, 6.07) is 4.79. The molecule has 2 nitrogen and oxygen atoms in total. The number of benzene rings is 1. The van der Waals surface area contributed by atoms with Gasteiger partial charge in [0, 0.05) is 11.6 Å². The molecule has 0 fully saturated rings. The molecule has 1 atom stereocenters. The first-order valence-electron chi connectivity index (χ1n) is 5.13. The second-order valence-corrected chi connectivity index (χ2v) is 3.91. The lowest BCUT2D eigenvalue weighted by atomic mass is 9.92. The highest BCUT2D eigenvalue weighted by atomic mass is 16.5. The van der Waals surface area contributed by atoms with Crippen molar-refractivity contribution in [2.75, 3.05) is 13.7 Å². The fourth-order valence-corrected chi connectivity index (χ4v) is 2.24. The molecule has 0 aromatic heterocycles. The molecule has 2 heteroatoms. The van der Waals surface area contributed by atoms with E-state index in [1.165, 1.54) is 16.7 Å². The Labute approximate surface area is 85.3 Å². The minimum atomic E-state index is 0.411. The zero-order valence-electron chi connectivity index (χ0n) is 9.05. The van der Waals surface area contributed by atoms with Gasteiger partial charge in [0.1, 0.15) is 5.75 Å². The summed E-state index contributed by atoms with van der Waals surface area (Å²) in [6.07, 6.45) is 1.11. The molecule has 1 aromatic rings. The predicted molar refractivity (Wildman–Crippen MR) is 57.9 cm³/mol. The van der Waals surface area contributed by atoms with Gasteiger partial charge in [-0.05, 0) is 37.9 Å². The highest BCUT2D eigenvalue weighted by Gasteiger charge is 2.20. The smallest absolute Gasteiger partial charge is 0.126 e. The number of fused-ring (bicyclic) bond motifs is 1. The maximum Gasteiger partial charge on any atom is 0.126 e. The molecule has 1 aromatic carbocycles. The molecular formula is C12H17NO. The summed E-state index contributed by atoms with van der Waals surface area (Å²) in [4.78, 5) is 0. The number of hydrogen-bond acceptors (Lipinski definition) is 2. The summed E-state index contributed by atoms with van der Waals surface area (Å²) < 4.78 is 5.47. The van der Waals surface area contributed by atoms with Crippen molar-refractivity contribution in [3.05, 3.63) is 28.8 Å². The van der Waals surface area contributed by atoms with Gasteiger partial charge in [-0.1, -0.05) is 12.1 Å². The van der Waals surface area contributed by atoms with Crippen LogP contribution < -0.4 is 10.1 Å². The van der Waals surface area contributed by atoms with Crippen LogP contribution in [-0.4, -0.2) is 13.7 Å². The maximum absolute atomic E-state index is 5.47. The van der Waals surface area contributed by atoms with Crippen molar-refractivity contribution in [2.45, 2.75) is 26.3 Å². The summed E-state index contributed by atoms with van der Waals surface area (Å²) in [5.74, 6) is 1.06. The van der Waals surface area contributed by atoms with E-state index >= 15 is 0 Å². The zero-order chi connectivity index (χ0) is 10.1. The Balaban J connectivity index is 2.57. The van der Waals surface area contributed by atoms with Crippen LogP contribution in [0.15, 0.2) is 12.1 Å². The van der Waals surface area contributed by atoms with Gasteiger partial charge in [-0.2, -0.15) is 0 Å². The third-order valence-corrected chi connectivity index (χ3v) is 2.97. The van der Waals surface area contributed by atoms with Gasteiger partial charge in [0.25, 0.3) is 0 Å². The summed E-state index contributed by atoms with van der Waals surface area (Å²) in [7, 11) is 1.75. The normalized spacial score (nSPS) is 20.4. The molecule has 2 rings (SSSR count). The first-order valence-corrected chi connectivity index (χ1v) is 5.13. The molecule has 1 heterocycles. The van der Waals surface area contributed by atoms with Gasteiger partial charge in [0.15, 0.2) is 0 Å². The van der Waals surface area contributed by atoms with E-state index in [1.807, 2.05) is 0 Å². The lowest BCUT2D eigenvalue weighted by Crippen LogP contribution is -2.28. The fourth-order valence-electron chi connectivity index (χ4n) is 2.24. The summed E-state index contributed by atoms with van der Waals surface area (Å²) in [5.41, 5.74) is 4.00. The van der Waals surface area contributed by atoms with Gasteiger partial charge >= 0.3 is 0 Å². The molecular weight excluding hydrogens is 174 g/mol. The standard InChI is InChI=1S/C12H17NO/c1-8-4-5-10-6-7-13-9(2)11(10)12(8)14-3/h4-5,9,13H,6-7H2,1-3H3. The molecule has 0 radical (unpaired) electrons. The van der Waals surface area contributed by atoms with Crippen molar-refractivity contribution in [3.63, 3.8) is 0 Å². The third-order valence-electron chi connectivity index (χ3n) is 2.97. The molecule has 0 bridgehead atoms. The molecule has 1 aliphatic rings. The first kappa shape index (κ1) is 9.53. The van der Waals surface area contributed by atoms with Crippen LogP contribution in [0.4, 0.5) is 0 Å². The van der Waals surface area contributed by atoms with Crippen LogP contribution in [0.2, 0.25) is 0 Å². The van der Waals surface area contributed by atoms with Crippen LogP contribution in [0.3, 0.4) is 0 Å². The molecule has 14 heavy (non-hydrogen) atoms. The first-order chi connectivity index (χ1) is 6.74. The zero-order valence-corrected chi connectivity index (χ0v) is 9.05. The Morgan fingerprint density at radius 2 is 2.21 bits per heavy atom. The van der Waals surface area contributed by atoms with Gasteiger partial charge in [-0.3, -0.25) is 0 Å². The number of methoxy groups -OCH3 is 1. The largest absolute Gasteiger partial charge is 0.496 e. The second kappa shape index (κ2) is 3.62.